The average Bonchev–Trinajstić information content (AvgIpc) is 3.27. The Morgan fingerprint density at radius 3 is 1.84 bits per heavy atom. The van der Waals surface area contributed by atoms with Crippen LogP contribution in [-0.4, -0.2) is 44.4 Å². The van der Waals surface area contributed by atoms with E-state index in [0.29, 0.717) is 31.0 Å². The highest BCUT2D eigenvalue weighted by Gasteiger charge is 2.53. The number of benzene rings is 5. The zero-order valence-corrected chi connectivity index (χ0v) is 39.7. The molecule has 0 saturated heterocycles. The molecule has 2 atom stereocenters. The first-order valence-corrected chi connectivity index (χ1v) is 23.5. The Morgan fingerprint density at radius 1 is 0.714 bits per heavy atom. The number of rotatable bonds is 22. The van der Waals surface area contributed by atoms with E-state index < -0.39 is 32.0 Å². The normalized spacial score (nSPS) is 13.7. The lowest BCUT2D eigenvalue weighted by molar-refractivity contribution is -0.144. The van der Waals surface area contributed by atoms with E-state index in [2.05, 4.69) is 70.4 Å². The number of halogens is 1. The number of ketones is 1. The van der Waals surface area contributed by atoms with Gasteiger partial charge in [-0.25, -0.2) is 8.42 Å². The van der Waals surface area contributed by atoms with Crippen molar-refractivity contribution < 1.29 is 32.2 Å². The summed E-state index contributed by atoms with van der Waals surface area (Å²) in [5.74, 6) is -0.149. The third-order valence-electron chi connectivity index (χ3n) is 11.9. The quantitative estimate of drug-likeness (QED) is 0.0400. The molecule has 5 aromatic rings. The summed E-state index contributed by atoms with van der Waals surface area (Å²) in [6.07, 6.45) is 2.50. The van der Waals surface area contributed by atoms with Gasteiger partial charge < -0.3 is 24.8 Å². The smallest absolute Gasteiger partial charge is 0.320 e. The lowest BCUT2D eigenvalue weighted by Crippen LogP contribution is -2.56. The molecule has 63 heavy (non-hydrogen) atoms. The van der Waals surface area contributed by atoms with Gasteiger partial charge in [-0.05, 0) is 121 Å². The molecule has 9 nitrogen and oxygen atoms in total. The summed E-state index contributed by atoms with van der Waals surface area (Å²) in [4.78, 5) is 28.5. The summed E-state index contributed by atoms with van der Waals surface area (Å²) in [5.41, 5.74) is 2.66. The molecule has 2 N–H and O–H groups in total. The zero-order valence-electron chi connectivity index (χ0n) is 38.1. The maximum Gasteiger partial charge on any atom is 0.320 e. The Labute approximate surface area is 379 Å². The fourth-order valence-corrected chi connectivity index (χ4v) is 8.50. The van der Waals surface area contributed by atoms with Crippen LogP contribution in [0.15, 0.2) is 137 Å². The Hall–Kier alpha value is -5.16. The number of hydrogen-bond donors (Lipinski definition) is 2. The van der Waals surface area contributed by atoms with Gasteiger partial charge in [0.05, 0.1) is 15.9 Å². The molecule has 0 spiro atoms. The lowest BCUT2D eigenvalue weighted by Gasteiger charge is -2.33. The van der Waals surface area contributed by atoms with Crippen molar-refractivity contribution in [1.29, 1.82) is 0 Å². The van der Waals surface area contributed by atoms with E-state index in [1.165, 1.54) is 47.5 Å². The Bertz CT molecular complexity index is 2400. The van der Waals surface area contributed by atoms with Gasteiger partial charge in [-0.2, -0.15) is 0 Å². The van der Waals surface area contributed by atoms with Crippen molar-refractivity contribution in [2.45, 2.75) is 120 Å². The highest BCUT2D eigenvalue weighted by Crippen LogP contribution is 2.39. The van der Waals surface area contributed by atoms with E-state index in [4.69, 9.17) is 25.8 Å². The molecular weight excluding hydrogens is 832 g/mol. The second kappa shape index (κ2) is 20.6. The van der Waals surface area contributed by atoms with Crippen LogP contribution in [0.3, 0.4) is 0 Å². The SMILES string of the molecule is CCC(C)(C)c1ccc(OC(C)CCNCC(C)(C)C(=O)C(Cl)(Oc2ccc(S(=O)(=O)c3ccc(OCc4ccccc4)cc3)cc2)C(=O)Nc2ccccc2)c(C(C)(C)CC)c1. The van der Waals surface area contributed by atoms with Crippen molar-refractivity contribution in [3.63, 3.8) is 0 Å². The Kier molecular flexibility index (Phi) is 15.9. The van der Waals surface area contributed by atoms with Crippen LogP contribution in [0.5, 0.6) is 17.2 Å². The highest BCUT2D eigenvalue weighted by molar-refractivity contribution is 7.91. The molecule has 5 aromatic carbocycles. The van der Waals surface area contributed by atoms with Crippen molar-refractivity contribution >= 4 is 38.8 Å². The molecule has 2 unspecified atom stereocenters. The van der Waals surface area contributed by atoms with Gasteiger partial charge in [0.1, 0.15) is 23.9 Å². The van der Waals surface area contributed by atoms with Gasteiger partial charge in [0.15, 0.2) is 0 Å². The molecule has 0 heterocycles. The fraction of sp³-hybridized carbons (Fsp3) is 0.385. The molecule has 0 fully saturated rings. The first-order chi connectivity index (χ1) is 29.7. The minimum Gasteiger partial charge on any atom is -0.490 e. The summed E-state index contributed by atoms with van der Waals surface area (Å²) in [7, 11) is -3.94. The average molecular weight is 896 g/mol. The number of sulfone groups is 1. The van der Waals surface area contributed by atoms with Crippen LogP contribution in [0.1, 0.15) is 98.3 Å². The second-order valence-corrected chi connectivity index (χ2v) is 20.5. The van der Waals surface area contributed by atoms with Crippen LogP contribution in [0.4, 0.5) is 5.69 Å². The van der Waals surface area contributed by atoms with Crippen molar-refractivity contribution in [2.24, 2.45) is 5.41 Å². The van der Waals surface area contributed by atoms with Gasteiger partial charge in [0.2, 0.25) is 15.6 Å². The van der Waals surface area contributed by atoms with Crippen molar-refractivity contribution in [2.75, 3.05) is 18.4 Å². The summed E-state index contributed by atoms with van der Waals surface area (Å²) in [6, 6.07) is 36.5. The Balaban J connectivity index is 1.26. The first-order valence-electron chi connectivity index (χ1n) is 21.7. The molecule has 0 radical (unpaired) electrons. The molecule has 0 bridgehead atoms. The zero-order chi connectivity index (χ0) is 46.1. The van der Waals surface area contributed by atoms with Crippen LogP contribution in [0, 0.1) is 5.41 Å². The van der Waals surface area contributed by atoms with Gasteiger partial charge >= 0.3 is 5.06 Å². The maximum absolute atomic E-state index is 14.4. The number of carbonyl (C=O) groups excluding carboxylic acids is 2. The predicted molar refractivity (Wildman–Crippen MR) is 253 cm³/mol. The topological polar surface area (TPSA) is 120 Å². The van der Waals surface area contributed by atoms with E-state index in [1.54, 1.807) is 56.3 Å². The fourth-order valence-electron chi connectivity index (χ4n) is 6.84. The van der Waals surface area contributed by atoms with Crippen LogP contribution in [-0.2, 0) is 36.9 Å². The van der Waals surface area contributed by atoms with E-state index >= 15 is 0 Å². The third kappa shape index (κ3) is 12.3. The predicted octanol–water partition coefficient (Wildman–Crippen LogP) is 11.5. The highest BCUT2D eigenvalue weighted by atomic mass is 35.5. The molecule has 0 aliphatic carbocycles. The summed E-state index contributed by atoms with van der Waals surface area (Å²) in [6.45, 7) is 19.9. The monoisotopic (exact) mass is 894 g/mol. The van der Waals surface area contributed by atoms with Crippen LogP contribution in [0.2, 0.25) is 0 Å². The van der Waals surface area contributed by atoms with E-state index in [-0.39, 0.29) is 39.0 Å². The largest absolute Gasteiger partial charge is 0.490 e. The standard InChI is InChI=1S/C52H63ClN2O7S/c1-10-49(4,5)39-22-31-46(45(34-39)50(6,7)11-2)61-37(3)32-33-54-36-51(8,9)47(56)52(53,48(57)55-40-20-16-13-17-21-40)62-42-25-29-44(30-26-42)63(58,59)43-27-23-41(24-28-43)60-35-38-18-14-12-15-19-38/h12-31,34,37,54H,10-11,32-33,35-36H2,1-9H3,(H,55,57). The molecule has 1 amide bonds. The maximum atomic E-state index is 14.4. The van der Waals surface area contributed by atoms with Crippen molar-refractivity contribution in [1.82, 2.24) is 5.32 Å². The number of hydrogen-bond acceptors (Lipinski definition) is 8. The van der Waals surface area contributed by atoms with Gasteiger partial charge in [0, 0.05) is 23.2 Å². The molecule has 0 aliphatic heterocycles. The van der Waals surface area contributed by atoms with E-state index in [1.807, 2.05) is 37.3 Å². The van der Waals surface area contributed by atoms with E-state index in [9.17, 15) is 18.0 Å². The number of alkyl halides is 1. The van der Waals surface area contributed by atoms with Crippen LogP contribution >= 0.6 is 11.6 Å². The summed E-state index contributed by atoms with van der Waals surface area (Å²) in [5, 5.41) is 3.57. The number of para-hydroxylation sites is 1. The summed E-state index contributed by atoms with van der Waals surface area (Å²) >= 11 is 7.02. The first kappa shape index (κ1) is 48.9. The van der Waals surface area contributed by atoms with Crippen LogP contribution in [0.25, 0.3) is 0 Å². The molecule has 5 rings (SSSR count). The number of carbonyl (C=O) groups is 2. The van der Waals surface area contributed by atoms with E-state index in [0.717, 1.165) is 24.2 Å². The third-order valence-corrected chi connectivity index (χ3v) is 14.1. The van der Waals surface area contributed by atoms with Gasteiger partial charge in [-0.3, -0.25) is 9.59 Å². The number of ether oxygens (including phenoxy) is 3. The molecule has 336 valence electrons. The molecule has 0 aromatic heterocycles. The minimum absolute atomic E-state index is 0.0152. The number of nitrogens with one attached hydrogen (secondary N) is 2. The summed E-state index contributed by atoms with van der Waals surface area (Å²) < 4.78 is 45.7. The minimum atomic E-state index is -3.94. The van der Waals surface area contributed by atoms with Gasteiger partial charge in [-0.1, -0.05) is 128 Å². The lowest BCUT2D eigenvalue weighted by atomic mass is 9.76. The number of Topliss-reactive ketones (excluding diaryl/α,β-unsaturated/α-hetero) is 1. The van der Waals surface area contributed by atoms with Crippen molar-refractivity contribution in [3.8, 4) is 17.2 Å². The van der Waals surface area contributed by atoms with Crippen molar-refractivity contribution in [3.05, 3.63) is 144 Å². The molecule has 11 heteroatoms. The number of amides is 1. The molecule has 0 saturated carbocycles. The van der Waals surface area contributed by atoms with Gasteiger partial charge in [0.25, 0.3) is 5.91 Å². The second-order valence-electron chi connectivity index (χ2n) is 18.0. The molecule has 0 aliphatic rings. The Morgan fingerprint density at radius 2 is 1.27 bits per heavy atom. The molecular formula is C52H63ClN2O7S. The number of anilines is 1. The van der Waals surface area contributed by atoms with Crippen LogP contribution < -0.4 is 24.8 Å². The van der Waals surface area contributed by atoms with Gasteiger partial charge in [-0.15, -0.1) is 0 Å².